The number of thioether (sulfide) groups is 1. The molecule has 2 nitrogen and oxygen atoms in total. The van der Waals surface area contributed by atoms with Crippen LogP contribution < -0.4 is 4.74 Å². The van der Waals surface area contributed by atoms with Crippen LogP contribution >= 0.6 is 11.8 Å². The Morgan fingerprint density at radius 1 is 1.33 bits per heavy atom. The first-order chi connectivity index (χ1) is 10.1. The molecule has 0 aromatic heterocycles. The Kier molecular flexibility index (Phi) is 3.11. The highest BCUT2D eigenvalue weighted by molar-refractivity contribution is 7.99. The Bertz CT molecular complexity index is 597. The van der Waals surface area contributed by atoms with Crippen molar-refractivity contribution >= 4 is 17.5 Å². The second kappa shape index (κ2) is 4.77. The van der Waals surface area contributed by atoms with Gasteiger partial charge in [0.1, 0.15) is 11.5 Å². The lowest BCUT2D eigenvalue weighted by Gasteiger charge is -2.47. The average Bonchev–Trinajstić information content (AvgIpc) is 2.82. The Hall–Kier alpha value is -0.960. The molecule has 3 heteroatoms. The van der Waals surface area contributed by atoms with E-state index in [4.69, 9.17) is 4.74 Å². The average molecular weight is 302 g/mol. The molecule has 0 N–H and O–H groups in total. The van der Waals surface area contributed by atoms with Crippen LogP contribution in [0.15, 0.2) is 23.1 Å². The monoisotopic (exact) mass is 302 g/mol. The number of ether oxygens (including phenoxy) is 1. The van der Waals surface area contributed by atoms with Crippen molar-refractivity contribution in [3.8, 4) is 5.75 Å². The van der Waals surface area contributed by atoms with Crippen molar-refractivity contribution < 1.29 is 9.53 Å². The zero-order valence-corrected chi connectivity index (χ0v) is 13.5. The van der Waals surface area contributed by atoms with Crippen LogP contribution in [0, 0.1) is 17.3 Å². The standard InChI is InChI=1S/C18H22O2S/c1-18-8-7-12-13-4-3-11(20-2)9-16(13)21-10-14(12)15(18)5-6-17(18)19/h3-4,9,12,14-15H,5-8,10H2,1-2H3/t12-,14+,15+,18+/m1/s1. The Balaban J connectivity index is 1.70. The molecule has 3 aliphatic rings. The molecule has 0 spiro atoms. The van der Waals surface area contributed by atoms with Crippen LogP contribution in [0.2, 0.25) is 0 Å². The minimum atomic E-state index is -0.0221. The maximum atomic E-state index is 12.3. The molecule has 0 saturated heterocycles. The van der Waals surface area contributed by atoms with E-state index in [0.717, 1.165) is 25.0 Å². The lowest BCUT2D eigenvalue weighted by molar-refractivity contribution is -0.128. The van der Waals surface area contributed by atoms with Gasteiger partial charge in [-0.05, 0) is 54.7 Å². The minimum absolute atomic E-state index is 0.0221. The van der Waals surface area contributed by atoms with Crippen LogP contribution in [0.1, 0.15) is 44.1 Å². The topological polar surface area (TPSA) is 26.3 Å². The third-order valence-corrected chi connectivity index (χ3v) is 7.41. The van der Waals surface area contributed by atoms with E-state index in [2.05, 4.69) is 25.1 Å². The van der Waals surface area contributed by atoms with Crippen LogP contribution in [0.25, 0.3) is 0 Å². The Morgan fingerprint density at radius 3 is 3.00 bits per heavy atom. The fraction of sp³-hybridized carbons (Fsp3) is 0.611. The molecular formula is C18H22O2S. The van der Waals surface area contributed by atoms with Crippen LogP contribution in [-0.2, 0) is 4.79 Å². The third-order valence-electron chi connectivity index (χ3n) is 6.20. The number of hydrogen-bond acceptors (Lipinski definition) is 3. The fourth-order valence-corrected chi connectivity index (χ4v) is 6.36. The van der Waals surface area contributed by atoms with Gasteiger partial charge in [0, 0.05) is 22.5 Å². The molecule has 1 aromatic carbocycles. The van der Waals surface area contributed by atoms with Gasteiger partial charge in [0.15, 0.2) is 0 Å². The number of hydrogen-bond donors (Lipinski definition) is 0. The van der Waals surface area contributed by atoms with E-state index in [9.17, 15) is 4.79 Å². The summed E-state index contributed by atoms with van der Waals surface area (Å²) in [5.41, 5.74) is 1.48. The van der Waals surface area contributed by atoms with E-state index < -0.39 is 0 Å². The van der Waals surface area contributed by atoms with Crippen molar-refractivity contribution in [2.24, 2.45) is 17.3 Å². The van der Waals surface area contributed by atoms with Gasteiger partial charge in [0.05, 0.1) is 7.11 Å². The fourth-order valence-electron chi connectivity index (χ4n) is 4.94. The quantitative estimate of drug-likeness (QED) is 0.774. The maximum Gasteiger partial charge on any atom is 0.139 e. The number of benzene rings is 1. The second-order valence-electron chi connectivity index (χ2n) is 7.01. The van der Waals surface area contributed by atoms with Gasteiger partial charge < -0.3 is 4.74 Å². The van der Waals surface area contributed by atoms with E-state index >= 15 is 0 Å². The summed E-state index contributed by atoms with van der Waals surface area (Å²) in [6.45, 7) is 2.23. The Labute approximate surface area is 130 Å². The van der Waals surface area contributed by atoms with E-state index in [1.807, 2.05) is 11.8 Å². The Morgan fingerprint density at radius 2 is 2.19 bits per heavy atom. The summed E-state index contributed by atoms with van der Waals surface area (Å²) in [7, 11) is 1.73. The number of rotatable bonds is 1. The smallest absolute Gasteiger partial charge is 0.139 e. The van der Waals surface area contributed by atoms with Crippen molar-refractivity contribution in [1.29, 1.82) is 0 Å². The van der Waals surface area contributed by atoms with E-state index in [-0.39, 0.29) is 5.41 Å². The molecule has 2 saturated carbocycles. The molecule has 4 rings (SSSR count). The summed E-state index contributed by atoms with van der Waals surface area (Å²) in [5, 5.41) is 0. The van der Waals surface area contributed by atoms with E-state index in [1.54, 1.807) is 7.11 Å². The number of carbonyl (C=O) groups is 1. The zero-order chi connectivity index (χ0) is 14.6. The van der Waals surface area contributed by atoms with E-state index in [1.165, 1.54) is 22.6 Å². The van der Waals surface area contributed by atoms with Crippen molar-refractivity contribution in [3.63, 3.8) is 0 Å². The first-order valence-electron chi connectivity index (χ1n) is 7.97. The molecule has 0 radical (unpaired) electrons. The van der Waals surface area contributed by atoms with Gasteiger partial charge in [-0.1, -0.05) is 13.0 Å². The minimum Gasteiger partial charge on any atom is -0.497 e. The predicted octanol–water partition coefficient (Wildman–Crippen LogP) is 4.28. The van der Waals surface area contributed by atoms with Gasteiger partial charge in [-0.2, -0.15) is 0 Å². The molecular weight excluding hydrogens is 280 g/mol. The van der Waals surface area contributed by atoms with Crippen LogP contribution in [0.4, 0.5) is 0 Å². The molecule has 1 aromatic rings. The first kappa shape index (κ1) is 13.7. The van der Waals surface area contributed by atoms with Gasteiger partial charge in [-0.25, -0.2) is 0 Å². The normalized spacial score (nSPS) is 37.6. The number of carbonyl (C=O) groups excluding carboxylic acids is 1. The van der Waals surface area contributed by atoms with Crippen LogP contribution in [0.3, 0.4) is 0 Å². The molecule has 0 bridgehead atoms. The molecule has 112 valence electrons. The SMILES string of the molecule is COc1ccc2c(c1)SC[C@H]1[C@@H]2CC[C@]2(C)C(=O)CC[C@@H]12. The number of fused-ring (bicyclic) bond motifs is 5. The van der Waals surface area contributed by atoms with Gasteiger partial charge in [-0.3, -0.25) is 4.79 Å². The molecule has 4 atom stereocenters. The summed E-state index contributed by atoms with van der Waals surface area (Å²) < 4.78 is 5.36. The molecule has 21 heavy (non-hydrogen) atoms. The van der Waals surface area contributed by atoms with Crippen molar-refractivity contribution in [2.45, 2.75) is 43.4 Å². The summed E-state index contributed by atoms with van der Waals surface area (Å²) in [5.74, 6) is 4.58. The molecule has 2 aliphatic carbocycles. The molecule has 2 fully saturated rings. The summed E-state index contributed by atoms with van der Waals surface area (Å²) in [6, 6.07) is 6.54. The lowest BCUT2D eigenvalue weighted by Crippen LogP contribution is -2.42. The van der Waals surface area contributed by atoms with Crippen molar-refractivity contribution in [1.82, 2.24) is 0 Å². The summed E-state index contributed by atoms with van der Waals surface area (Å²) in [4.78, 5) is 13.7. The van der Waals surface area contributed by atoms with Crippen molar-refractivity contribution in [2.75, 3.05) is 12.9 Å². The van der Waals surface area contributed by atoms with Gasteiger partial charge >= 0.3 is 0 Å². The van der Waals surface area contributed by atoms with Crippen LogP contribution in [-0.4, -0.2) is 18.6 Å². The number of methoxy groups -OCH3 is 1. The molecule has 1 aliphatic heterocycles. The highest BCUT2D eigenvalue weighted by Crippen LogP contribution is 2.60. The van der Waals surface area contributed by atoms with Crippen LogP contribution in [0.5, 0.6) is 5.75 Å². The molecule has 0 unspecified atom stereocenters. The first-order valence-corrected chi connectivity index (χ1v) is 8.96. The van der Waals surface area contributed by atoms with E-state index in [0.29, 0.717) is 23.5 Å². The van der Waals surface area contributed by atoms with Crippen molar-refractivity contribution in [3.05, 3.63) is 23.8 Å². The summed E-state index contributed by atoms with van der Waals surface area (Å²) >= 11 is 1.96. The predicted molar refractivity (Wildman–Crippen MR) is 85.0 cm³/mol. The number of Topliss-reactive ketones (excluding diaryl/α,β-unsaturated/α-hetero) is 1. The summed E-state index contributed by atoms with van der Waals surface area (Å²) in [6.07, 6.45) is 4.17. The van der Waals surface area contributed by atoms with Gasteiger partial charge in [-0.15, -0.1) is 11.8 Å². The van der Waals surface area contributed by atoms with Gasteiger partial charge in [0.2, 0.25) is 0 Å². The van der Waals surface area contributed by atoms with Gasteiger partial charge in [0.25, 0.3) is 0 Å². The zero-order valence-electron chi connectivity index (χ0n) is 12.7. The molecule has 1 heterocycles. The third kappa shape index (κ3) is 1.89. The largest absolute Gasteiger partial charge is 0.497 e. The lowest BCUT2D eigenvalue weighted by atomic mass is 9.59. The maximum absolute atomic E-state index is 12.3. The molecule has 0 amide bonds. The number of ketones is 1. The highest BCUT2D eigenvalue weighted by Gasteiger charge is 2.54. The highest BCUT2D eigenvalue weighted by atomic mass is 32.2. The second-order valence-corrected chi connectivity index (χ2v) is 8.07.